The standard InChI is InChI=1S/C18H25NO4/c1-2-3-8-19(18(20)16-5-4-9-21-16)13-14-6-7-15-17(12-14)23-11-10-22-15/h6-7,12,16H,2-5,8-11,13H2,1H3/t16-/m1/s1. The second kappa shape index (κ2) is 7.68. The summed E-state index contributed by atoms with van der Waals surface area (Å²) in [7, 11) is 0. The minimum Gasteiger partial charge on any atom is -0.486 e. The molecule has 1 fully saturated rings. The highest BCUT2D eigenvalue weighted by Gasteiger charge is 2.28. The maximum Gasteiger partial charge on any atom is 0.251 e. The van der Waals surface area contributed by atoms with Crippen LogP contribution in [0.2, 0.25) is 0 Å². The summed E-state index contributed by atoms with van der Waals surface area (Å²) >= 11 is 0. The van der Waals surface area contributed by atoms with Gasteiger partial charge in [0.05, 0.1) is 0 Å². The number of nitrogens with zero attached hydrogens (tertiary/aromatic N) is 1. The number of fused-ring (bicyclic) bond motifs is 1. The van der Waals surface area contributed by atoms with E-state index in [1.807, 2.05) is 23.1 Å². The highest BCUT2D eigenvalue weighted by molar-refractivity contribution is 5.81. The molecule has 0 saturated carbocycles. The summed E-state index contributed by atoms with van der Waals surface area (Å²) < 4.78 is 16.8. The molecule has 0 bridgehead atoms. The van der Waals surface area contributed by atoms with Crippen LogP contribution in [0.15, 0.2) is 18.2 Å². The minimum atomic E-state index is -0.260. The highest BCUT2D eigenvalue weighted by Crippen LogP contribution is 2.31. The van der Waals surface area contributed by atoms with Crippen molar-refractivity contribution < 1.29 is 19.0 Å². The van der Waals surface area contributed by atoms with Crippen LogP contribution in [-0.2, 0) is 16.1 Å². The Labute approximate surface area is 137 Å². The van der Waals surface area contributed by atoms with Crippen molar-refractivity contribution in [2.24, 2.45) is 0 Å². The summed E-state index contributed by atoms with van der Waals surface area (Å²) in [4.78, 5) is 14.6. The van der Waals surface area contributed by atoms with Crippen molar-refractivity contribution in [3.63, 3.8) is 0 Å². The monoisotopic (exact) mass is 319 g/mol. The van der Waals surface area contributed by atoms with Gasteiger partial charge in [-0.1, -0.05) is 19.4 Å². The largest absolute Gasteiger partial charge is 0.486 e. The first-order valence-corrected chi connectivity index (χ1v) is 8.57. The highest BCUT2D eigenvalue weighted by atomic mass is 16.6. The van der Waals surface area contributed by atoms with E-state index in [1.165, 1.54) is 0 Å². The van der Waals surface area contributed by atoms with Gasteiger partial charge in [-0.2, -0.15) is 0 Å². The van der Waals surface area contributed by atoms with Crippen molar-refractivity contribution in [2.75, 3.05) is 26.4 Å². The van der Waals surface area contributed by atoms with E-state index in [4.69, 9.17) is 14.2 Å². The first kappa shape index (κ1) is 16.1. The molecule has 2 heterocycles. The van der Waals surface area contributed by atoms with Gasteiger partial charge in [0.15, 0.2) is 11.5 Å². The van der Waals surface area contributed by atoms with E-state index in [-0.39, 0.29) is 12.0 Å². The summed E-state index contributed by atoms with van der Waals surface area (Å²) in [5.74, 6) is 1.67. The maximum atomic E-state index is 12.7. The lowest BCUT2D eigenvalue weighted by Crippen LogP contribution is -2.39. The third-order valence-electron chi connectivity index (χ3n) is 4.28. The molecule has 1 aromatic carbocycles. The molecule has 2 aliphatic rings. The third-order valence-corrected chi connectivity index (χ3v) is 4.28. The molecule has 1 aromatic rings. The number of carbonyl (C=O) groups excluding carboxylic acids is 1. The number of carbonyl (C=O) groups is 1. The first-order valence-electron chi connectivity index (χ1n) is 8.57. The predicted molar refractivity (Wildman–Crippen MR) is 86.7 cm³/mol. The summed E-state index contributed by atoms with van der Waals surface area (Å²) in [6.07, 6.45) is 3.62. The Bertz CT molecular complexity index is 540. The fraction of sp³-hybridized carbons (Fsp3) is 0.611. The lowest BCUT2D eigenvalue weighted by Gasteiger charge is -2.26. The first-order chi connectivity index (χ1) is 11.3. The van der Waals surface area contributed by atoms with Crippen molar-refractivity contribution in [2.45, 2.75) is 45.3 Å². The Hall–Kier alpha value is -1.75. The molecule has 126 valence electrons. The van der Waals surface area contributed by atoms with Gasteiger partial charge in [-0.05, 0) is 37.0 Å². The lowest BCUT2D eigenvalue weighted by molar-refractivity contribution is -0.141. The van der Waals surface area contributed by atoms with Crippen LogP contribution < -0.4 is 9.47 Å². The van der Waals surface area contributed by atoms with Gasteiger partial charge in [0.1, 0.15) is 19.3 Å². The zero-order chi connectivity index (χ0) is 16.1. The molecule has 0 aliphatic carbocycles. The summed E-state index contributed by atoms with van der Waals surface area (Å²) in [5, 5.41) is 0. The van der Waals surface area contributed by atoms with Crippen LogP contribution in [0.5, 0.6) is 11.5 Å². The molecule has 1 amide bonds. The molecule has 0 N–H and O–H groups in total. The van der Waals surface area contributed by atoms with Crippen molar-refractivity contribution >= 4 is 5.91 Å². The zero-order valence-electron chi connectivity index (χ0n) is 13.8. The van der Waals surface area contributed by atoms with Crippen molar-refractivity contribution in [3.8, 4) is 11.5 Å². The second-order valence-electron chi connectivity index (χ2n) is 6.09. The van der Waals surface area contributed by atoms with Crippen LogP contribution in [0.4, 0.5) is 0 Å². The maximum absolute atomic E-state index is 12.7. The van der Waals surface area contributed by atoms with E-state index >= 15 is 0 Å². The van der Waals surface area contributed by atoms with Gasteiger partial charge in [-0.15, -0.1) is 0 Å². The number of hydrogen-bond acceptors (Lipinski definition) is 4. The number of amides is 1. The van der Waals surface area contributed by atoms with Crippen LogP contribution in [0, 0.1) is 0 Å². The van der Waals surface area contributed by atoms with E-state index in [9.17, 15) is 4.79 Å². The van der Waals surface area contributed by atoms with Gasteiger partial charge in [0, 0.05) is 19.7 Å². The van der Waals surface area contributed by atoms with Crippen molar-refractivity contribution in [3.05, 3.63) is 23.8 Å². The van der Waals surface area contributed by atoms with Crippen LogP contribution in [0.1, 0.15) is 38.2 Å². The Balaban J connectivity index is 1.70. The molecule has 5 nitrogen and oxygen atoms in total. The lowest BCUT2D eigenvalue weighted by atomic mass is 10.1. The molecule has 1 atom stereocenters. The number of rotatable bonds is 6. The quantitative estimate of drug-likeness (QED) is 0.809. The third kappa shape index (κ3) is 3.96. The Morgan fingerprint density at radius 2 is 2.04 bits per heavy atom. The Morgan fingerprint density at radius 3 is 2.78 bits per heavy atom. The molecule has 0 aromatic heterocycles. The number of ether oxygens (including phenoxy) is 3. The molecule has 0 unspecified atom stereocenters. The van der Waals surface area contributed by atoms with Gasteiger partial charge in [0.2, 0.25) is 0 Å². The molecule has 2 aliphatic heterocycles. The smallest absolute Gasteiger partial charge is 0.251 e. The number of unbranched alkanes of at least 4 members (excludes halogenated alkanes) is 1. The Kier molecular flexibility index (Phi) is 5.39. The summed E-state index contributed by atoms with van der Waals surface area (Å²) in [6.45, 7) is 5.36. The van der Waals surface area contributed by atoms with E-state index in [2.05, 4.69) is 6.92 Å². The van der Waals surface area contributed by atoms with Crippen LogP contribution in [0.25, 0.3) is 0 Å². The van der Waals surface area contributed by atoms with Gasteiger partial charge in [0.25, 0.3) is 5.91 Å². The molecule has 0 radical (unpaired) electrons. The van der Waals surface area contributed by atoms with E-state index in [0.717, 1.165) is 49.3 Å². The molecule has 1 saturated heterocycles. The van der Waals surface area contributed by atoms with Crippen molar-refractivity contribution in [1.29, 1.82) is 0 Å². The fourth-order valence-corrected chi connectivity index (χ4v) is 3.00. The fourth-order valence-electron chi connectivity index (χ4n) is 3.00. The van der Waals surface area contributed by atoms with E-state index in [1.54, 1.807) is 0 Å². The number of benzene rings is 1. The van der Waals surface area contributed by atoms with Gasteiger partial charge in [-0.3, -0.25) is 4.79 Å². The predicted octanol–water partition coefficient (Wildman–Crippen LogP) is 2.77. The summed E-state index contributed by atoms with van der Waals surface area (Å²) in [6, 6.07) is 5.92. The van der Waals surface area contributed by atoms with Crippen LogP contribution >= 0.6 is 0 Å². The minimum absolute atomic E-state index is 0.117. The van der Waals surface area contributed by atoms with E-state index in [0.29, 0.717) is 26.4 Å². The SMILES string of the molecule is CCCCN(Cc1ccc2c(c1)OCCO2)C(=O)[C@H]1CCCO1. The molecule has 3 rings (SSSR count). The molecule has 5 heteroatoms. The molecular formula is C18H25NO4. The average molecular weight is 319 g/mol. The Morgan fingerprint density at radius 1 is 1.22 bits per heavy atom. The van der Waals surface area contributed by atoms with Gasteiger partial charge in [-0.25, -0.2) is 0 Å². The van der Waals surface area contributed by atoms with Gasteiger partial charge >= 0.3 is 0 Å². The number of hydrogen-bond donors (Lipinski definition) is 0. The average Bonchev–Trinajstić information content (AvgIpc) is 3.12. The molecule has 0 spiro atoms. The van der Waals surface area contributed by atoms with Crippen LogP contribution in [0.3, 0.4) is 0 Å². The summed E-state index contributed by atoms with van der Waals surface area (Å²) in [5.41, 5.74) is 1.07. The molecular weight excluding hydrogens is 294 g/mol. The second-order valence-corrected chi connectivity index (χ2v) is 6.09. The molecule has 23 heavy (non-hydrogen) atoms. The van der Waals surface area contributed by atoms with Crippen molar-refractivity contribution in [1.82, 2.24) is 4.90 Å². The van der Waals surface area contributed by atoms with Gasteiger partial charge < -0.3 is 19.1 Å². The van der Waals surface area contributed by atoms with E-state index < -0.39 is 0 Å². The van der Waals surface area contributed by atoms with Crippen LogP contribution in [-0.4, -0.2) is 43.3 Å². The zero-order valence-corrected chi connectivity index (χ0v) is 13.8. The topological polar surface area (TPSA) is 48.0 Å². The normalized spacial score (nSPS) is 19.6.